The molecule has 110 valence electrons. The van der Waals surface area contributed by atoms with Crippen LogP contribution in [-0.4, -0.2) is 16.5 Å². The Morgan fingerprint density at radius 3 is 2.86 bits per heavy atom. The van der Waals surface area contributed by atoms with Gasteiger partial charge in [-0.05, 0) is 37.6 Å². The van der Waals surface area contributed by atoms with Crippen LogP contribution in [0.2, 0.25) is 0 Å². The van der Waals surface area contributed by atoms with Crippen molar-refractivity contribution < 1.29 is 9.66 Å². The highest BCUT2D eigenvalue weighted by molar-refractivity contribution is 5.48. The number of rotatable bonds is 6. The largest absolute Gasteiger partial charge is 0.480 e. The maximum absolute atomic E-state index is 11.0. The van der Waals surface area contributed by atoms with E-state index in [4.69, 9.17) is 4.74 Å². The van der Waals surface area contributed by atoms with Crippen LogP contribution >= 0.6 is 0 Å². The first-order chi connectivity index (χ1) is 10.1. The summed E-state index contributed by atoms with van der Waals surface area (Å²) in [7, 11) is 0. The van der Waals surface area contributed by atoms with Gasteiger partial charge < -0.3 is 10.1 Å². The molecule has 0 fully saturated rings. The summed E-state index contributed by atoms with van der Waals surface area (Å²) in [6.45, 7) is 4.87. The Bertz CT molecular complexity index is 644. The van der Waals surface area contributed by atoms with Crippen LogP contribution in [0.15, 0.2) is 36.5 Å². The number of nitro benzene ring substituents is 1. The van der Waals surface area contributed by atoms with Gasteiger partial charge in [-0.15, -0.1) is 0 Å². The third-order valence-corrected chi connectivity index (χ3v) is 2.89. The second-order valence-corrected chi connectivity index (χ2v) is 4.58. The molecule has 21 heavy (non-hydrogen) atoms. The van der Waals surface area contributed by atoms with Gasteiger partial charge in [0.05, 0.1) is 10.6 Å². The van der Waals surface area contributed by atoms with Crippen molar-refractivity contribution in [3.05, 3.63) is 57.9 Å². The quantitative estimate of drug-likeness (QED) is 0.651. The summed E-state index contributed by atoms with van der Waals surface area (Å²) in [5, 5.41) is 14.2. The number of hydrogen-bond acceptors (Lipinski definition) is 5. The van der Waals surface area contributed by atoms with E-state index in [1.807, 2.05) is 26.0 Å². The van der Waals surface area contributed by atoms with Crippen molar-refractivity contribution in [2.24, 2.45) is 0 Å². The molecule has 6 nitrogen and oxygen atoms in total. The average molecular weight is 287 g/mol. The summed E-state index contributed by atoms with van der Waals surface area (Å²) >= 11 is 0. The van der Waals surface area contributed by atoms with E-state index in [1.54, 1.807) is 18.3 Å². The van der Waals surface area contributed by atoms with Gasteiger partial charge >= 0.3 is 5.69 Å². The zero-order valence-electron chi connectivity index (χ0n) is 12.0. The second kappa shape index (κ2) is 6.69. The molecule has 2 rings (SSSR count). The molecule has 0 spiro atoms. The van der Waals surface area contributed by atoms with E-state index >= 15 is 0 Å². The number of nitro groups is 1. The molecule has 6 heteroatoms. The molecule has 0 aliphatic rings. The molecule has 0 bridgehead atoms. The molecule has 1 aromatic heterocycles. The Balaban J connectivity index is 2.14. The van der Waals surface area contributed by atoms with Crippen LogP contribution in [-0.2, 0) is 6.61 Å². The SMILES string of the molecule is CCNc1ccnc(COc2cc(C)ccc2[N+](=O)[O-])c1. The van der Waals surface area contributed by atoms with Crippen LogP contribution < -0.4 is 10.1 Å². The summed E-state index contributed by atoms with van der Waals surface area (Å²) in [5.74, 6) is 0.260. The number of nitrogens with zero attached hydrogens (tertiary/aromatic N) is 2. The van der Waals surface area contributed by atoms with Gasteiger partial charge in [0, 0.05) is 24.5 Å². The van der Waals surface area contributed by atoms with Gasteiger partial charge in [-0.2, -0.15) is 0 Å². The zero-order chi connectivity index (χ0) is 15.2. The zero-order valence-corrected chi connectivity index (χ0v) is 12.0. The predicted molar refractivity (Wildman–Crippen MR) is 80.6 cm³/mol. The minimum atomic E-state index is -0.447. The predicted octanol–water partition coefficient (Wildman–Crippen LogP) is 3.31. The molecule has 2 aromatic rings. The van der Waals surface area contributed by atoms with E-state index in [-0.39, 0.29) is 18.0 Å². The van der Waals surface area contributed by atoms with Crippen LogP contribution in [0.4, 0.5) is 11.4 Å². The Morgan fingerprint density at radius 2 is 2.14 bits per heavy atom. The summed E-state index contributed by atoms with van der Waals surface area (Å²) in [6, 6.07) is 8.53. The maximum Gasteiger partial charge on any atom is 0.310 e. The monoisotopic (exact) mass is 287 g/mol. The third-order valence-electron chi connectivity index (χ3n) is 2.89. The summed E-state index contributed by atoms with van der Waals surface area (Å²) in [6.07, 6.45) is 1.68. The van der Waals surface area contributed by atoms with Crippen LogP contribution in [0.1, 0.15) is 18.2 Å². The number of ether oxygens (including phenoxy) is 1. The average Bonchev–Trinajstić information content (AvgIpc) is 2.45. The van der Waals surface area contributed by atoms with Crippen molar-refractivity contribution >= 4 is 11.4 Å². The number of aromatic nitrogens is 1. The first-order valence-electron chi connectivity index (χ1n) is 6.66. The standard InChI is InChI=1S/C15H17N3O3/c1-3-16-12-6-7-17-13(9-12)10-21-15-8-11(2)4-5-14(15)18(19)20/h4-9H,3,10H2,1-2H3,(H,16,17). The van der Waals surface area contributed by atoms with Crippen molar-refractivity contribution in [1.82, 2.24) is 4.98 Å². The minimum Gasteiger partial charge on any atom is -0.480 e. The molecule has 0 aliphatic carbocycles. The lowest BCUT2D eigenvalue weighted by atomic mass is 10.2. The van der Waals surface area contributed by atoms with Gasteiger partial charge in [-0.1, -0.05) is 6.07 Å². The molecule has 0 unspecified atom stereocenters. The molecule has 0 saturated carbocycles. The van der Waals surface area contributed by atoms with E-state index in [2.05, 4.69) is 10.3 Å². The molecule has 1 aromatic carbocycles. The van der Waals surface area contributed by atoms with E-state index < -0.39 is 4.92 Å². The first-order valence-corrected chi connectivity index (χ1v) is 6.66. The number of nitrogens with one attached hydrogen (secondary N) is 1. The Morgan fingerprint density at radius 1 is 1.33 bits per heavy atom. The van der Waals surface area contributed by atoms with Crippen LogP contribution in [0.3, 0.4) is 0 Å². The number of hydrogen-bond donors (Lipinski definition) is 1. The van der Waals surface area contributed by atoms with Crippen LogP contribution in [0, 0.1) is 17.0 Å². The van der Waals surface area contributed by atoms with E-state index in [0.717, 1.165) is 17.8 Å². The topological polar surface area (TPSA) is 77.3 Å². The second-order valence-electron chi connectivity index (χ2n) is 4.58. The molecule has 0 radical (unpaired) electrons. The van der Waals surface area contributed by atoms with E-state index in [9.17, 15) is 10.1 Å². The lowest BCUT2D eigenvalue weighted by Crippen LogP contribution is -2.03. The van der Waals surface area contributed by atoms with Gasteiger partial charge in [-0.25, -0.2) is 0 Å². The van der Waals surface area contributed by atoms with Crippen molar-refractivity contribution in [1.29, 1.82) is 0 Å². The third kappa shape index (κ3) is 3.92. The summed E-state index contributed by atoms with van der Waals surface area (Å²) in [4.78, 5) is 14.7. The fourth-order valence-corrected chi connectivity index (χ4v) is 1.91. The fraction of sp³-hybridized carbons (Fsp3) is 0.267. The maximum atomic E-state index is 11.0. The lowest BCUT2D eigenvalue weighted by molar-refractivity contribution is -0.386. The van der Waals surface area contributed by atoms with Crippen molar-refractivity contribution in [2.45, 2.75) is 20.5 Å². The number of pyridine rings is 1. The summed E-state index contributed by atoms with van der Waals surface area (Å²) in [5.41, 5.74) is 2.53. The number of aryl methyl sites for hydroxylation is 1. The van der Waals surface area contributed by atoms with Crippen LogP contribution in [0.25, 0.3) is 0 Å². The Labute approximate surface area is 122 Å². The molecular formula is C15H17N3O3. The highest BCUT2D eigenvalue weighted by atomic mass is 16.6. The Hall–Kier alpha value is -2.63. The number of benzene rings is 1. The van der Waals surface area contributed by atoms with Crippen molar-refractivity contribution in [3.63, 3.8) is 0 Å². The van der Waals surface area contributed by atoms with Gasteiger partial charge in [0.15, 0.2) is 5.75 Å². The highest BCUT2D eigenvalue weighted by Crippen LogP contribution is 2.28. The lowest BCUT2D eigenvalue weighted by Gasteiger charge is -2.09. The van der Waals surface area contributed by atoms with Gasteiger partial charge in [0.1, 0.15) is 6.61 Å². The highest BCUT2D eigenvalue weighted by Gasteiger charge is 2.15. The molecule has 0 aliphatic heterocycles. The summed E-state index contributed by atoms with van der Waals surface area (Å²) < 4.78 is 5.57. The fourth-order valence-electron chi connectivity index (χ4n) is 1.91. The Kier molecular flexibility index (Phi) is 4.71. The smallest absolute Gasteiger partial charge is 0.310 e. The van der Waals surface area contributed by atoms with Gasteiger partial charge in [0.2, 0.25) is 0 Å². The molecule has 0 atom stereocenters. The van der Waals surface area contributed by atoms with E-state index in [0.29, 0.717) is 5.69 Å². The van der Waals surface area contributed by atoms with Crippen LogP contribution in [0.5, 0.6) is 5.75 Å². The molecule has 0 amide bonds. The molecule has 1 N–H and O–H groups in total. The molecule has 0 saturated heterocycles. The number of anilines is 1. The normalized spacial score (nSPS) is 10.2. The van der Waals surface area contributed by atoms with Crippen molar-refractivity contribution in [2.75, 3.05) is 11.9 Å². The molecular weight excluding hydrogens is 270 g/mol. The molecule has 1 heterocycles. The van der Waals surface area contributed by atoms with Crippen molar-refractivity contribution in [3.8, 4) is 5.75 Å². The van der Waals surface area contributed by atoms with Gasteiger partial charge in [0.25, 0.3) is 0 Å². The minimum absolute atomic E-state index is 0.0385. The van der Waals surface area contributed by atoms with E-state index in [1.165, 1.54) is 6.07 Å². The van der Waals surface area contributed by atoms with Gasteiger partial charge in [-0.3, -0.25) is 15.1 Å². The first kappa shape index (κ1) is 14.8.